The third kappa shape index (κ3) is 3.09. The topological polar surface area (TPSA) is 29.9 Å². The quantitative estimate of drug-likeness (QED) is 0.853. The van der Waals surface area contributed by atoms with Gasteiger partial charge in [0.25, 0.3) is 0 Å². The van der Waals surface area contributed by atoms with Gasteiger partial charge in [0.2, 0.25) is 0 Å². The molecule has 2 aromatic rings. The van der Waals surface area contributed by atoms with Crippen molar-refractivity contribution in [3.05, 3.63) is 48.2 Å². The molecule has 1 N–H and O–H groups in total. The van der Waals surface area contributed by atoms with Gasteiger partial charge in [0, 0.05) is 18.7 Å². The van der Waals surface area contributed by atoms with Crippen LogP contribution in [0.3, 0.4) is 0 Å². The molecule has 0 fully saturated rings. The van der Waals surface area contributed by atoms with Gasteiger partial charge in [0.05, 0.1) is 6.20 Å². The number of hydrogen-bond donors (Lipinski definition) is 1. The summed E-state index contributed by atoms with van der Waals surface area (Å²) in [6.45, 7) is 5.20. The average molecular weight is 229 g/mol. The minimum atomic E-state index is 0.393. The summed E-state index contributed by atoms with van der Waals surface area (Å²) in [6.07, 6.45) is 2.87. The van der Waals surface area contributed by atoms with Gasteiger partial charge in [0.1, 0.15) is 5.82 Å². The van der Waals surface area contributed by atoms with Crippen LogP contribution < -0.4 is 5.32 Å². The lowest BCUT2D eigenvalue weighted by molar-refractivity contribution is 0.537. The van der Waals surface area contributed by atoms with Crippen LogP contribution in [0.15, 0.2) is 42.6 Å². The van der Waals surface area contributed by atoms with Crippen LogP contribution in [0.5, 0.6) is 0 Å². The fourth-order valence-corrected chi connectivity index (χ4v) is 1.85. The molecule has 0 saturated carbocycles. The Bertz CT molecular complexity index is 446. The Hall–Kier alpha value is -1.77. The molecule has 2 rings (SSSR count). The predicted octanol–water partition coefficient (Wildman–Crippen LogP) is 3.12. The smallest absolute Gasteiger partial charge is 0.124 e. The standard InChI is InChI=1S/C14H19N3/c1-12(2)17-14(9-11-16-17)15-10-8-13-6-4-3-5-7-13/h3-7,9,11-12,15H,8,10H2,1-2H3. The van der Waals surface area contributed by atoms with Gasteiger partial charge in [-0.2, -0.15) is 5.10 Å². The first kappa shape index (κ1) is 11.7. The van der Waals surface area contributed by atoms with Crippen LogP contribution in [0, 0.1) is 0 Å². The van der Waals surface area contributed by atoms with Gasteiger partial charge >= 0.3 is 0 Å². The van der Waals surface area contributed by atoms with Crippen LogP contribution in [0.4, 0.5) is 5.82 Å². The van der Waals surface area contributed by atoms with E-state index in [1.807, 2.05) is 23.0 Å². The number of nitrogens with zero attached hydrogens (tertiary/aromatic N) is 2. The monoisotopic (exact) mass is 229 g/mol. The van der Waals surface area contributed by atoms with Gasteiger partial charge in [-0.1, -0.05) is 30.3 Å². The molecule has 1 aromatic heterocycles. The van der Waals surface area contributed by atoms with E-state index in [4.69, 9.17) is 0 Å². The first-order chi connectivity index (χ1) is 8.27. The summed E-state index contributed by atoms with van der Waals surface area (Å²) in [5.74, 6) is 1.09. The highest BCUT2D eigenvalue weighted by molar-refractivity contribution is 5.34. The van der Waals surface area contributed by atoms with Crippen molar-refractivity contribution in [2.45, 2.75) is 26.3 Å². The normalized spacial score (nSPS) is 10.8. The van der Waals surface area contributed by atoms with Crippen molar-refractivity contribution in [2.75, 3.05) is 11.9 Å². The zero-order valence-electron chi connectivity index (χ0n) is 10.4. The van der Waals surface area contributed by atoms with Gasteiger partial charge in [-0.3, -0.25) is 0 Å². The van der Waals surface area contributed by atoms with E-state index in [0.717, 1.165) is 18.8 Å². The Labute approximate surface area is 102 Å². The number of anilines is 1. The molecule has 0 radical (unpaired) electrons. The predicted molar refractivity (Wildman–Crippen MR) is 71.2 cm³/mol. The average Bonchev–Trinajstić information content (AvgIpc) is 2.79. The van der Waals surface area contributed by atoms with Crippen molar-refractivity contribution in [3.8, 4) is 0 Å². The molecule has 0 saturated heterocycles. The van der Waals surface area contributed by atoms with Crippen LogP contribution in [0.2, 0.25) is 0 Å². The Kier molecular flexibility index (Phi) is 3.81. The van der Waals surface area contributed by atoms with Gasteiger partial charge in [-0.15, -0.1) is 0 Å². The van der Waals surface area contributed by atoms with Gasteiger partial charge in [0.15, 0.2) is 0 Å². The van der Waals surface area contributed by atoms with E-state index in [9.17, 15) is 0 Å². The molecule has 0 aliphatic carbocycles. The molecule has 1 aromatic carbocycles. The summed E-state index contributed by atoms with van der Waals surface area (Å²) in [6, 6.07) is 12.9. The second kappa shape index (κ2) is 5.53. The fourth-order valence-electron chi connectivity index (χ4n) is 1.85. The summed E-state index contributed by atoms with van der Waals surface area (Å²) in [5, 5.41) is 7.72. The molecule has 0 aliphatic rings. The van der Waals surface area contributed by atoms with Crippen LogP contribution in [0.1, 0.15) is 25.5 Å². The largest absolute Gasteiger partial charge is 0.370 e. The lowest BCUT2D eigenvalue weighted by Gasteiger charge is -2.12. The molecule has 3 heteroatoms. The van der Waals surface area contributed by atoms with E-state index in [1.165, 1.54) is 5.56 Å². The third-order valence-electron chi connectivity index (χ3n) is 2.72. The van der Waals surface area contributed by atoms with E-state index in [1.54, 1.807) is 0 Å². The molecule has 90 valence electrons. The Morgan fingerprint density at radius 3 is 2.65 bits per heavy atom. The molecule has 0 spiro atoms. The second-order valence-corrected chi connectivity index (χ2v) is 4.42. The van der Waals surface area contributed by atoms with Crippen molar-refractivity contribution in [1.29, 1.82) is 0 Å². The lowest BCUT2D eigenvalue weighted by atomic mass is 10.1. The highest BCUT2D eigenvalue weighted by Gasteiger charge is 2.04. The Morgan fingerprint density at radius 2 is 1.94 bits per heavy atom. The van der Waals surface area contributed by atoms with Crippen molar-refractivity contribution < 1.29 is 0 Å². The molecular formula is C14H19N3. The molecule has 0 aliphatic heterocycles. The Balaban J connectivity index is 1.88. The Morgan fingerprint density at radius 1 is 1.18 bits per heavy atom. The van der Waals surface area contributed by atoms with Crippen LogP contribution in [0.25, 0.3) is 0 Å². The van der Waals surface area contributed by atoms with E-state index in [2.05, 4.69) is 48.5 Å². The van der Waals surface area contributed by atoms with Crippen LogP contribution in [-0.2, 0) is 6.42 Å². The maximum Gasteiger partial charge on any atom is 0.124 e. The highest BCUT2D eigenvalue weighted by atomic mass is 15.3. The van der Waals surface area contributed by atoms with Gasteiger partial charge in [-0.25, -0.2) is 4.68 Å². The number of hydrogen-bond acceptors (Lipinski definition) is 2. The SMILES string of the molecule is CC(C)n1nccc1NCCc1ccccc1. The lowest BCUT2D eigenvalue weighted by Crippen LogP contribution is -2.12. The summed E-state index contributed by atoms with van der Waals surface area (Å²) in [7, 11) is 0. The molecule has 0 amide bonds. The minimum Gasteiger partial charge on any atom is -0.370 e. The highest BCUT2D eigenvalue weighted by Crippen LogP contribution is 2.12. The molecular weight excluding hydrogens is 210 g/mol. The summed E-state index contributed by atoms with van der Waals surface area (Å²) >= 11 is 0. The van der Waals surface area contributed by atoms with Gasteiger partial charge in [-0.05, 0) is 25.8 Å². The molecule has 17 heavy (non-hydrogen) atoms. The maximum atomic E-state index is 4.30. The minimum absolute atomic E-state index is 0.393. The molecule has 3 nitrogen and oxygen atoms in total. The second-order valence-electron chi connectivity index (χ2n) is 4.42. The summed E-state index contributed by atoms with van der Waals surface area (Å²) in [4.78, 5) is 0. The van der Waals surface area contributed by atoms with Gasteiger partial charge < -0.3 is 5.32 Å². The number of rotatable bonds is 5. The van der Waals surface area contributed by atoms with Crippen molar-refractivity contribution in [2.24, 2.45) is 0 Å². The third-order valence-corrected chi connectivity index (χ3v) is 2.72. The first-order valence-corrected chi connectivity index (χ1v) is 6.08. The zero-order valence-corrected chi connectivity index (χ0v) is 10.4. The van der Waals surface area contributed by atoms with Crippen molar-refractivity contribution >= 4 is 5.82 Å². The molecule has 0 bridgehead atoms. The van der Waals surface area contributed by atoms with E-state index < -0.39 is 0 Å². The number of benzene rings is 1. The van der Waals surface area contributed by atoms with Crippen molar-refractivity contribution in [1.82, 2.24) is 9.78 Å². The van der Waals surface area contributed by atoms with E-state index in [0.29, 0.717) is 6.04 Å². The van der Waals surface area contributed by atoms with Crippen LogP contribution >= 0.6 is 0 Å². The fraction of sp³-hybridized carbons (Fsp3) is 0.357. The zero-order chi connectivity index (χ0) is 12.1. The van der Waals surface area contributed by atoms with Crippen molar-refractivity contribution in [3.63, 3.8) is 0 Å². The number of nitrogens with one attached hydrogen (secondary N) is 1. The summed E-state index contributed by atoms with van der Waals surface area (Å²) in [5.41, 5.74) is 1.36. The molecule has 0 unspecified atom stereocenters. The maximum absolute atomic E-state index is 4.30. The van der Waals surface area contributed by atoms with E-state index in [-0.39, 0.29) is 0 Å². The summed E-state index contributed by atoms with van der Waals surface area (Å²) < 4.78 is 2.00. The van der Waals surface area contributed by atoms with E-state index >= 15 is 0 Å². The molecule has 0 atom stereocenters. The van der Waals surface area contributed by atoms with Crippen LogP contribution in [-0.4, -0.2) is 16.3 Å². The first-order valence-electron chi connectivity index (χ1n) is 6.08. The molecule has 1 heterocycles. The number of aromatic nitrogens is 2.